The van der Waals surface area contributed by atoms with E-state index in [-0.39, 0.29) is 12.2 Å². The van der Waals surface area contributed by atoms with Gasteiger partial charge in [-0.05, 0) is 43.6 Å². The molecule has 0 aromatic heterocycles. The van der Waals surface area contributed by atoms with E-state index in [4.69, 9.17) is 24.1 Å². The van der Waals surface area contributed by atoms with Gasteiger partial charge in [0.25, 0.3) is 0 Å². The molecule has 0 bridgehead atoms. The highest BCUT2D eigenvalue weighted by Gasteiger charge is 2.54. The van der Waals surface area contributed by atoms with Gasteiger partial charge in [0.1, 0.15) is 22.3 Å². The molecule has 3 amide bonds. The molecule has 2 saturated heterocycles. The van der Waals surface area contributed by atoms with Crippen molar-refractivity contribution in [1.29, 1.82) is 0 Å². The summed E-state index contributed by atoms with van der Waals surface area (Å²) in [6.07, 6.45) is -3.04. The Hall–Kier alpha value is -2.23. The summed E-state index contributed by atoms with van der Waals surface area (Å²) in [5.41, 5.74) is 9.11. The minimum absolute atomic E-state index is 0.0203. The zero-order valence-corrected chi connectivity index (χ0v) is 25.3. The average molecular weight is 698 g/mol. The molecule has 2 heterocycles. The number of nitrogens with one attached hydrogen (secondary N) is 2. The maximum Gasteiger partial charge on any atom is 0.459 e. The summed E-state index contributed by atoms with van der Waals surface area (Å²) in [5.74, 6) is -1.13. The molecular formula is C21H27Br2N6O9P. The van der Waals surface area contributed by atoms with E-state index in [2.05, 4.69) is 57.0 Å². The zero-order valence-electron chi connectivity index (χ0n) is 21.3. The Morgan fingerprint density at radius 3 is 2.64 bits per heavy atom. The van der Waals surface area contributed by atoms with Gasteiger partial charge in [0.15, 0.2) is 6.23 Å². The third-order valence-electron chi connectivity index (χ3n) is 5.91. The lowest BCUT2D eigenvalue weighted by molar-refractivity contribution is -0.152. The van der Waals surface area contributed by atoms with Gasteiger partial charge in [0, 0.05) is 22.9 Å². The van der Waals surface area contributed by atoms with Crippen LogP contribution in [-0.2, 0) is 32.9 Å². The van der Waals surface area contributed by atoms with Crippen LogP contribution in [0.5, 0.6) is 5.75 Å². The van der Waals surface area contributed by atoms with Crippen LogP contribution in [0.4, 0.5) is 4.79 Å². The highest BCUT2D eigenvalue weighted by molar-refractivity contribution is 9.10. The van der Waals surface area contributed by atoms with Gasteiger partial charge < -0.3 is 18.7 Å². The van der Waals surface area contributed by atoms with Gasteiger partial charge in [-0.2, -0.15) is 5.09 Å². The summed E-state index contributed by atoms with van der Waals surface area (Å²) >= 11 is 6.60. The van der Waals surface area contributed by atoms with Crippen molar-refractivity contribution >= 4 is 57.5 Å². The zero-order chi connectivity index (χ0) is 29.0. The first-order valence-electron chi connectivity index (χ1n) is 11.5. The van der Waals surface area contributed by atoms with E-state index in [9.17, 15) is 18.9 Å². The number of rotatable bonds is 11. The van der Waals surface area contributed by atoms with Crippen LogP contribution in [0.25, 0.3) is 10.4 Å². The number of ether oxygens (including phenoxy) is 3. The summed E-state index contributed by atoms with van der Waals surface area (Å²) in [6, 6.07) is 3.68. The quantitative estimate of drug-likeness (QED) is 0.0863. The standard InChI is InChI=1S/C21H27Br2N6O9P/c1-11(17(30)34-3)27-39(33,38-13-7-5-12(22)6-8-13)36-10-15-14(26-28-24)9-16(37-15)29-19(35-4)21(2,23)18(31)25-20(29)32/h5-8,11,14-16,19H,9-10H2,1-4H3,(H,27,33)(H,25,31,32)/t11-,14-,15+,16+,19-,21+,39?/m0/s1. The first kappa shape index (κ1) is 31.3. The van der Waals surface area contributed by atoms with Crippen molar-refractivity contribution in [2.75, 3.05) is 20.8 Å². The molecule has 0 aliphatic carbocycles. The third kappa shape index (κ3) is 7.30. The fourth-order valence-electron chi connectivity index (χ4n) is 3.97. The van der Waals surface area contributed by atoms with E-state index < -0.39 is 67.2 Å². The van der Waals surface area contributed by atoms with Crippen molar-refractivity contribution in [2.45, 2.75) is 55.2 Å². The van der Waals surface area contributed by atoms with E-state index in [0.717, 1.165) is 4.47 Å². The Morgan fingerprint density at radius 2 is 2.05 bits per heavy atom. The van der Waals surface area contributed by atoms with Gasteiger partial charge in [-0.15, -0.1) is 0 Å². The van der Waals surface area contributed by atoms with E-state index in [0.29, 0.717) is 0 Å². The maximum atomic E-state index is 13.7. The number of hydrogen-bond acceptors (Lipinski definition) is 10. The fraction of sp³-hybridized carbons (Fsp3) is 0.571. The van der Waals surface area contributed by atoms with Crippen molar-refractivity contribution in [3.8, 4) is 5.75 Å². The van der Waals surface area contributed by atoms with Crippen LogP contribution in [0.1, 0.15) is 20.3 Å². The van der Waals surface area contributed by atoms with Gasteiger partial charge >= 0.3 is 19.7 Å². The molecule has 3 rings (SSSR count). The molecule has 0 spiro atoms. The van der Waals surface area contributed by atoms with Crippen molar-refractivity contribution in [2.24, 2.45) is 5.11 Å². The first-order valence-corrected chi connectivity index (χ1v) is 14.6. The van der Waals surface area contributed by atoms with E-state index in [1.54, 1.807) is 12.1 Å². The third-order valence-corrected chi connectivity index (χ3v) is 8.83. The van der Waals surface area contributed by atoms with Gasteiger partial charge in [-0.3, -0.25) is 24.3 Å². The highest BCUT2D eigenvalue weighted by atomic mass is 79.9. The Balaban J connectivity index is 1.82. The first-order chi connectivity index (χ1) is 18.3. The second kappa shape index (κ2) is 13.0. The molecule has 2 fully saturated rings. The smallest absolute Gasteiger partial charge is 0.459 e. The summed E-state index contributed by atoms with van der Waals surface area (Å²) < 4.78 is 40.5. The van der Waals surface area contributed by atoms with Gasteiger partial charge in [-0.25, -0.2) is 9.36 Å². The van der Waals surface area contributed by atoms with Crippen molar-refractivity contribution in [3.05, 3.63) is 39.2 Å². The largest absolute Gasteiger partial charge is 0.468 e. The number of urea groups is 1. The van der Waals surface area contributed by atoms with Crippen LogP contribution in [-0.4, -0.2) is 78.6 Å². The predicted molar refractivity (Wildman–Crippen MR) is 143 cm³/mol. The molecular weight excluding hydrogens is 671 g/mol. The Morgan fingerprint density at radius 1 is 1.38 bits per heavy atom. The lowest BCUT2D eigenvalue weighted by Crippen LogP contribution is -2.69. The number of halogens is 2. The molecule has 0 saturated carbocycles. The molecule has 15 nitrogen and oxygen atoms in total. The van der Waals surface area contributed by atoms with Crippen LogP contribution in [0.3, 0.4) is 0 Å². The number of nitrogens with zero attached hydrogens (tertiary/aromatic N) is 4. The number of alkyl halides is 1. The lowest BCUT2D eigenvalue weighted by Gasteiger charge is -2.44. The number of carbonyl (C=O) groups is 3. The van der Waals surface area contributed by atoms with Crippen LogP contribution < -0.4 is 14.9 Å². The minimum atomic E-state index is -4.24. The summed E-state index contributed by atoms with van der Waals surface area (Å²) in [6.45, 7) is 2.52. The van der Waals surface area contributed by atoms with E-state index in [1.165, 1.54) is 45.1 Å². The molecule has 39 heavy (non-hydrogen) atoms. The van der Waals surface area contributed by atoms with Crippen molar-refractivity contribution in [1.82, 2.24) is 15.3 Å². The Labute approximate surface area is 240 Å². The monoisotopic (exact) mass is 696 g/mol. The predicted octanol–water partition coefficient (Wildman–Crippen LogP) is 3.58. The highest BCUT2D eigenvalue weighted by Crippen LogP contribution is 2.46. The number of hydrogen-bond donors (Lipinski definition) is 2. The van der Waals surface area contributed by atoms with E-state index in [1.807, 2.05) is 0 Å². The molecule has 7 atom stereocenters. The number of carbonyl (C=O) groups excluding carboxylic acids is 3. The molecule has 2 N–H and O–H groups in total. The average Bonchev–Trinajstić information content (AvgIpc) is 3.28. The lowest BCUT2D eigenvalue weighted by atomic mass is 10.0. The molecule has 1 aromatic carbocycles. The van der Waals surface area contributed by atoms with Gasteiger partial charge in [-0.1, -0.05) is 37.0 Å². The topological polar surface area (TPSA) is 190 Å². The molecule has 2 aliphatic rings. The second-order valence-corrected chi connectivity index (χ2v) is 12.9. The van der Waals surface area contributed by atoms with Crippen LogP contribution in [0.15, 0.2) is 33.9 Å². The Bertz CT molecular complexity index is 1180. The van der Waals surface area contributed by atoms with Gasteiger partial charge in [0.2, 0.25) is 5.91 Å². The summed E-state index contributed by atoms with van der Waals surface area (Å²) in [7, 11) is -1.74. The second-order valence-electron chi connectivity index (χ2n) is 8.68. The van der Waals surface area contributed by atoms with E-state index >= 15 is 0 Å². The van der Waals surface area contributed by atoms with Crippen LogP contribution in [0.2, 0.25) is 0 Å². The van der Waals surface area contributed by atoms with Crippen molar-refractivity contribution < 1.29 is 42.2 Å². The number of imide groups is 1. The molecule has 18 heteroatoms. The molecule has 1 aromatic rings. The molecule has 1 unspecified atom stereocenters. The van der Waals surface area contributed by atoms with Crippen molar-refractivity contribution in [3.63, 3.8) is 0 Å². The number of esters is 1. The number of benzene rings is 1. The van der Waals surface area contributed by atoms with Gasteiger partial charge in [0.05, 0.1) is 25.9 Å². The normalized spacial score (nSPS) is 29.1. The number of azide groups is 1. The molecule has 0 radical (unpaired) electrons. The molecule has 2 aliphatic heterocycles. The number of amides is 3. The maximum absolute atomic E-state index is 13.7. The SMILES string of the molecule is COC(=O)[C@H](C)NP(=O)(OC[C@H]1O[C@@H](N2C(=O)NC(=O)[C@@](C)(Br)[C@@H]2OC)C[C@@H]1N=[N+]=[N-])Oc1ccc(Br)cc1. The molecule has 214 valence electrons. The van der Waals surface area contributed by atoms with Crippen LogP contribution >= 0.6 is 39.6 Å². The fourth-order valence-corrected chi connectivity index (χ4v) is 6.24. The Kier molecular flexibility index (Phi) is 10.4. The van der Waals surface area contributed by atoms with Crippen LogP contribution in [0, 0.1) is 0 Å². The summed E-state index contributed by atoms with van der Waals surface area (Å²) in [4.78, 5) is 41.1. The number of methoxy groups -OCH3 is 2. The minimum Gasteiger partial charge on any atom is -0.468 e. The summed E-state index contributed by atoms with van der Waals surface area (Å²) in [5, 5.41) is 8.49.